The maximum absolute atomic E-state index is 12.5. The summed E-state index contributed by atoms with van der Waals surface area (Å²) in [4.78, 5) is 24.4. The van der Waals surface area contributed by atoms with Crippen molar-refractivity contribution in [1.82, 2.24) is 0 Å². The van der Waals surface area contributed by atoms with Crippen LogP contribution in [0.2, 0.25) is 0 Å². The van der Waals surface area contributed by atoms with Crippen molar-refractivity contribution in [1.29, 1.82) is 0 Å². The number of ketones is 1. The first-order chi connectivity index (χ1) is 13.2. The lowest BCUT2D eigenvalue weighted by Crippen LogP contribution is -2.52. The van der Waals surface area contributed by atoms with Crippen LogP contribution >= 0.6 is 0 Å². The molecule has 3 nitrogen and oxygen atoms in total. The average molecular weight is 381 g/mol. The van der Waals surface area contributed by atoms with Gasteiger partial charge in [-0.25, -0.2) is 0 Å². The minimum Gasteiger partial charge on any atom is -0.445 e. The molecule has 0 N–H and O–H groups in total. The topological polar surface area (TPSA) is 43.4 Å². The third kappa shape index (κ3) is 2.49. The summed E-state index contributed by atoms with van der Waals surface area (Å²) >= 11 is 0. The van der Waals surface area contributed by atoms with E-state index in [1.54, 1.807) is 0 Å². The number of terminal acetylenes is 1. The molecule has 0 aromatic carbocycles. The van der Waals surface area contributed by atoms with Gasteiger partial charge in [-0.1, -0.05) is 50.8 Å². The van der Waals surface area contributed by atoms with E-state index < -0.39 is 5.60 Å². The molecule has 2 fully saturated rings. The lowest BCUT2D eigenvalue weighted by Gasteiger charge is -2.54. The zero-order valence-electron chi connectivity index (χ0n) is 17.6. The summed E-state index contributed by atoms with van der Waals surface area (Å²) in [5.41, 5.74) is 1.84. The molecule has 0 radical (unpaired) electrons. The number of hydrogen-bond acceptors (Lipinski definition) is 3. The van der Waals surface area contributed by atoms with Crippen molar-refractivity contribution >= 4 is 11.8 Å². The van der Waals surface area contributed by atoms with E-state index in [1.165, 1.54) is 11.1 Å². The maximum Gasteiger partial charge on any atom is 0.309 e. The van der Waals surface area contributed by atoms with E-state index in [-0.39, 0.29) is 28.5 Å². The largest absolute Gasteiger partial charge is 0.445 e. The molecule has 0 aromatic heterocycles. The molecule has 0 aromatic rings. The van der Waals surface area contributed by atoms with Crippen LogP contribution in [0.1, 0.15) is 72.6 Å². The third-order valence-corrected chi connectivity index (χ3v) is 8.44. The number of hydrogen-bond donors (Lipinski definition) is 0. The third-order valence-electron chi connectivity index (χ3n) is 8.44. The molecule has 150 valence electrons. The van der Waals surface area contributed by atoms with Gasteiger partial charge in [-0.3, -0.25) is 9.59 Å². The number of allylic oxidation sites excluding steroid dienone is 4. The summed E-state index contributed by atoms with van der Waals surface area (Å²) in [6.45, 7) is 8.29. The minimum absolute atomic E-state index is 0.0220. The second-order valence-electron chi connectivity index (χ2n) is 10.1. The Morgan fingerprint density at radius 1 is 1.25 bits per heavy atom. The van der Waals surface area contributed by atoms with Crippen molar-refractivity contribution in [3.05, 3.63) is 23.3 Å². The molecule has 3 heteroatoms. The molecule has 0 unspecified atom stereocenters. The quantitative estimate of drug-likeness (QED) is 0.384. The molecule has 0 amide bonds. The van der Waals surface area contributed by atoms with E-state index in [4.69, 9.17) is 11.2 Å². The molecule has 0 bridgehead atoms. The van der Waals surface area contributed by atoms with E-state index in [0.717, 1.165) is 38.5 Å². The zero-order valence-corrected chi connectivity index (χ0v) is 17.6. The van der Waals surface area contributed by atoms with Crippen LogP contribution in [0.4, 0.5) is 0 Å². The van der Waals surface area contributed by atoms with Crippen molar-refractivity contribution < 1.29 is 14.3 Å². The molecule has 0 aliphatic heterocycles. The predicted molar refractivity (Wildman–Crippen MR) is 109 cm³/mol. The summed E-state index contributed by atoms with van der Waals surface area (Å²) in [5.74, 6) is 3.75. The molecule has 4 aliphatic carbocycles. The number of fused-ring (bicyclic) bond motifs is 5. The van der Waals surface area contributed by atoms with Crippen molar-refractivity contribution in [3.8, 4) is 12.3 Å². The highest BCUT2D eigenvalue weighted by atomic mass is 16.6. The van der Waals surface area contributed by atoms with Crippen LogP contribution in [0.5, 0.6) is 0 Å². The normalized spacial score (nSPS) is 41.9. The van der Waals surface area contributed by atoms with Crippen LogP contribution in [-0.2, 0) is 14.3 Å². The number of carbonyl (C=O) groups is 2. The fraction of sp³-hybridized carbons (Fsp3) is 0.680. The molecule has 28 heavy (non-hydrogen) atoms. The van der Waals surface area contributed by atoms with Crippen LogP contribution in [0, 0.1) is 40.9 Å². The van der Waals surface area contributed by atoms with E-state index in [0.29, 0.717) is 18.3 Å². The molecule has 2 saturated carbocycles. The Kier molecular flexibility index (Phi) is 4.42. The van der Waals surface area contributed by atoms with Crippen LogP contribution in [0.25, 0.3) is 0 Å². The van der Waals surface area contributed by atoms with Gasteiger partial charge in [-0.05, 0) is 56.4 Å². The van der Waals surface area contributed by atoms with E-state index in [9.17, 15) is 9.59 Å². The van der Waals surface area contributed by atoms with Crippen molar-refractivity contribution in [2.75, 3.05) is 0 Å². The van der Waals surface area contributed by atoms with E-state index in [2.05, 4.69) is 25.8 Å². The second kappa shape index (κ2) is 6.34. The highest BCUT2D eigenvalue weighted by Gasteiger charge is 2.63. The standard InChI is InChI=1S/C25H32O3/c1-6-25(28-22(27)16(2)3)14-11-21-19-8-7-17-15-18(26)9-12-23(17,4)20(19)10-13-24(21,25)5/h1,10,15-16,19,21H,7-9,11-14H2,2-5H3/t19-,21+,23+,24+,25+/m1/s1. The zero-order chi connectivity index (χ0) is 20.3. The second-order valence-corrected chi connectivity index (χ2v) is 10.1. The van der Waals surface area contributed by atoms with Crippen molar-refractivity contribution in [2.24, 2.45) is 28.6 Å². The first-order valence-electron chi connectivity index (χ1n) is 10.8. The summed E-state index contributed by atoms with van der Waals surface area (Å²) in [5, 5.41) is 0. The highest BCUT2D eigenvalue weighted by molar-refractivity contribution is 5.92. The first-order valence-corrected chi connectivity index (χ1v) is 10.8. The molecular formula is C25H32O3. The minimum atomic E-state index is -0.805. The molecule has 4 aliphatic rings. The first kappa shape index (κ1) is 19.5. The molecule has 4 rings (SSSR count). The van der Waals surface area contributed by atoms with Gasteiger partial charge in [0.05, 0.1) is 5.92 Å². The van der Waals surface area contributed by atoms with Gasteiger partial charge >= 0.3 is 5.97 Å². The fourth-order valence-corrected chi connectivity index (χ4v) is 6.58. The van der Waals surface area contributed by atoms with Gasteiger partial charge < -0.3 is 4.74 Å². The summed E-state index contributed by atoms with van der Waals surface area (Å²) in [6.07, 6.45) is 16.6. The number of esters is 1. The Balaban J connectivity index is 1.72. The lowest BCUT2D eigenvalue weighted by molar-refractivity contribution is -0.169. The van der Waals surface area contributed by atoms with Gasteiger partial charge in [0.2, 0.25) is 0 Å². The maximum atomic E-state index is 12.5. The Bertz CT molecular complexity index is 825. The highest BCUT2D eigenvalue weighted by Crippen LogP contribution is 2.66. The molecule has 0 saturated heterocycles. The molecular weight excluding hydrogens is 348 g/mol. The SMILES string of the molecule is C#C[C@]1(OC(=O)C(C)C)CC[C@H]2[C@@H]3CCC4=CC(=O)CC[C@]4(C)C3=CC[C@@]21C. The van der Waals surface area contributed by atoms with Crippen LogP contribution in [-0.4, -0.2) is 17.4 Å². The molecule has 0 spiro atoms. The van der Waals surface area contributed by atoms with Gasteiger partial charge in [-0.2, -0.15) is 0 Å². The molecule has 0 heterocycles. The summed E-state index contributed by atoms with van der Waals surface area (Å²) in [7, 11) is 0. The van der Waals surface area contributed by atoms with Crippen molar-refractivity contribution in [3.63, 3.8) is 0 Å². The van der Waals surface area contributed by atoms with Gasteiger partial charge in [-0.15, -0.1) is 6.42 Å². The summed E-state index contributed by atoms with van der Waals surface area (Å²) < 4.78 is 6.05. The van der Waals surface area contributed by atoms with Crippen LogP contribution in [0.15, 0.2) is 23.3 Å². The van der Waals surface area contributed by atoms with Gasteiger partial charge in [0.1, 0.15) is 0 Å². The Morgan fingerprint density at radius 2 is 2.00 bits per heavy atom. The van der Waals surface area contributed by atoms with Crippen LogP contribution in [0.3, 0.4) is 0 Å². The summed E-state index contributed by atoms with van der Waals surface area (Å²) in [6, 6.07) is 0. The lowest BCUT2D eigenvalue weighted by atomic mass is 9.51. The van der Waals surface area contributed by atoms with Crippen LogP contribution < -0.4 is 0 Å². The Hall–Kier alpha value is -1.82. The number of ether oxygens (including phenoxy) is 1. The number of rotatable bonds is 2. The fourth-order valence-electron chi connectivity index (χ4n) is 6.58. The molecule has 5 atom stereocenters. The number of carbonyl (C=O) groups excluding carboxylic acids is 2. The average Bonchev–Trinajstić information content (AvgIpc) is 2.95. The Labute approximate surface area is 169 Å². The monoisotopic (exact) mass is 380 g/mol. The van der Waals surface area contributed by atoms with E-state index in [1.807, 2.05) is 19.9 Å². The van der Waals surface area contributed by atoms with E-state index >= 15 is 0 Å². The predicted octanol–water partition coefficient (Wildman–Crippen LogP) is 5.01. The smallest absolute Gasteiger partial charge is 0.309 e. The van der Waals surface area contributed by atoms with Crippen molar-refractivity contribution in [2.45, 2.75) is 78.2 Å². The van der Waals surface area contributed by atoms with Gasteiger partial charge in [0.15, 0.2) is 11.4 Å². The Morgan fingerprint density at radius 3 is 2.68 bits per heavy atom. The van der Waals surface area contributed by atoms with Gasteiger partial charge in [0.25, 0.3) is 0 Å². The van der Waals surface area contributed by atoms with Gasteiger partial charge in [0, 0.05) is 17.3 Å².